The van der Waals surface area contributed by atoms with Gasteiger partial charge in [-0.2, -0.15) is 0 Å². The molecule has 1 aliphatic heterocycles. The molecule has 2 aromatic rings. The fourth-order valence-electron chi connectivity index (χ4n) is 3.34. The van der Waals surface area contributed by atoms with Crippen molar-refractivity contribution in [3.63, 3.8) is 0 Å². The number of ether oxygens (including phenoxy) is 3. The first-order valence-electron chi connectivity index (χ1n) is 8.67. The summed E-state index contributed by atoms with van der Waals surface area (Å²) < 4.78 is 16.4. The summed E-state index contributed by atoms with van der Waals surface area (Å²) in [6.45, 7) is 1.85. The maximum atomic E-state index is 12.5. The highest BCUT2D eigenvalue weighted by molar-refractivity contribution is 5.93. The Hall–Kier alpha value is -2.60. The van der Waals surface area contributed by atoms with Gasteiger partial charge in [-0.25, -0.2) is 0 Å². The Morgan fingerprint density at radius 2 is 1.96 bits per heavy atom. The fourth-order valence-corrected chi connectivity index (χ4v) is 3.34. The highest BCUT2D eigenvalue weighted by atomic mass is 16.5. The van der Waals surface area contributed by atoms with Crippen LogP contribution in [0.4, 0.5) is 0 Å². The van der Waals surface area contributed by atoms with Gasteiger partial charge in [0, 0.05) is 37.6 Å². The molecule has 26 heavy (non-hydrogen) atoms. The van der Waals surface area contributed by atoms with E-state index >= 15 is 0 Å². The van der Waals surface area contributed by atoms with Crippen LogP contribution in [0.15, 0.2) is 42.7 Å². The smallest absolute Gasteiger partial charge is 0.252 e. The van der Waals surface area contributed by atoms with Crippen LogP contribution >= 0.6 is 0 Å². The second kappa shape index (κ2) is 8.19. The molecule has 0 spiro atoms. The van der Waals surface area contributed by atoms with Gasteiger partial charge in [0.15, 0.2) is 11.5 Å². The highest BCUT2D eigenvalue weighted by Gasteiger charge is 2.35. The summed E-state index contributed by atoms with van der Waals surface area (Å²) in [7, 11) is 3.25. The molecule has 1 aromatic heterocycles. The fraction of sp³-hybridized carbons (Fsp3) is 0.400. The van der Waals surface area contributed by atoms with Crippen molar-refractivity contribution in [2.75, 3.05) is 34.0 Å². The van der Waals surface area contributed by atoms with Gasteiger partial charge in [0.1, 0.15) is 0 Å². The molecule has 0 unspecified atom stereocenters. The number of nitrogens with one attached hydrogen (secondary N) is 1. The number of carbonyl (C=O) groups excluding carboxylic acids is 1. The van der Waals surface area contributed by atoms with Crippen LogP contribution in [0.1, 0.15) is 28.8 Å². The summed E-state index contributed by atoms with van der Waals surface area (Å²) in [5.74, 6) is 1.26. The van der Waals surface area contributed by atoms with E-state index in [9.17, 15) is 4.79 Å². The molecule has 1 N–H and O–H groups in total. The second-order valence-corrected chi connectivity index (χ2v) is 6.39. The molecule has 3 rings (SSSR count). The number of rotatable bonds is 6. The molecule has 0 bridgehead atoms. The molecule has 1 aliphatic rings. The summed E-state index contributed by atoms with van der Waals surface area (Å²) in [6.07, 6.45) is 4.88. The molecule has 0 aliphatic carbocycles. The molecule has 1 aromatic carbocycles. The topological polar surface area (TPSA) is 69.7 Å². The Morgan fingerprint density at radius 3 is 2.62 bits per heavy atom. The van der Waals surface area contributed by atoms with E-state index in [4.69, 9.17) is 14.2 Å². The minimum absolute atomic E-state index is 0.121. The zero-order valence-corrected chi connectivity index (χ0v) is 15.2. The standard InChI is InChI=1S/C20H24N2O4/c1-24-17-6-5-16(12-18(17)25-2)20(7-10-26-11-8-20)14-22-19(23)15-4-3-9-21-13-15/h3-6,9,12-13H,7-8,10-11,14H2,1-2H3,(H,22,23). The van der Waals surface area contributed by atoms with Crippen LogP contribution in [0.25, 0.3) is 0 Å². The Labute approximate surface area is 153 Å². The maximum absolute atomic E-state index is 12.5. The molecular weight excluding hydrogens is 332 g/mol. The number of pyridine rings is 1. The van der Waals surface area contributed by atoms with Gasteiger partial charge >= 0.3 is 0 Å². The van der Waals surface area contributed by atoms with Crippen LogP contribution in [0, 0.1) is 0 Å². The number of amides is 1. The molecule has 6 heteroatoms. The third kappa shape index (κ3) is 3.80. The summed E-state index contributed by atoms with van der Waals surface area (Å²) in [6, 6.07) is 9.47. The van der Waals surface area contributed by atoms with Gasteiger partial charge in [0.2, 0.25) is 0 Å². The summed E-state index contributed by atoms with van der Waals surface area (Å²) in [5, 5.41) is 3.07. The number of nitrogens with zero attached hydrogens (tertiary/aromatic N) is 1. The number of aromatic nitrogens is 1. The van der Waals surface area contributed by atoms with E-state index in [0.717, 1.165) is 18.4 Å². The first kappa shape index (κ1) is 18.2. The quantitative estimate of drug-likeness (QED) is 0.861. The van der Waals surface area contributed by atoms with Crippen LogP contribution < -0.4 is 14.8 Å². The Morgan fingerprint density at radius 1 is 1.19 bits per heavy atom. The monoisotopic (exact) mass is 356 g/mol. The van der Waals surface area contributed by atoms with Crippen molar-refractivity contribution in [1.82, 2.24) is 10.3 Å². The van der Waals surface area contributed by atoms with E-state index in [1.807, 2.05) is 18.2 Å². The van der Waals surface area contributed by atoms with Crippen molar-refractivity contribution in [3.05, 3.63) is 53.9 Å². The van der Waals surface area contributed by atoms with Gasteiger partial charge in [-0.05, 0) is 42.7 Å². The predicted molar refractivity (Wildman–Crippen MR) is 97.8 cm³/mol. The summed E-state index contributed by atoms with van der Waals surface area (Å²) in [5.41, 5.74) is 1.47. The van der Waals surface area contributed by atoms with Crippen molar-refractivity contribution < 1.29 is 19.0 Å². The van der Waals surface area contributed by atoms with E-state index in [1.54, 1.807) is 38.7 Å². The molecule has 0 radical (unpaired) electrons. The second-order valence-electron chi connectivity index (χ2n) is 6.39. The zero-order chi connectivity index (χ0) is 18.4. The highest BCUT2D eigenvalue weighted by Crippen LogP contribution is 2.38. The minimum Gasteiger partial charge on any atom is -0.493 e. The Balaban J connectivity index is 1.84. The molecule has 1 amide bonds. The van der Waals surface area contributed by atoms with E-state index in [0.29, 0.717) is 36.8 Å². The molecule has 2 heterocycles. The first-order valence-corrected chi connectivity index (χ1v) is 8.67. The van der Waals surface area contributed by atoms with Crippen molar-refractivity contribution in [1.29, 1.82) is 0 Å². The number of hydrogen-bond donors (Lipinski definition) is 1. The van der Waals surface area contributed by atoms with Crippen LogP contribution in [-0.4, -0.2) is 44.9 Å². The van der Waals surface area contributed by atoms with Crippen molar-refractivity contribution in [2.45, 2.75) is 18.3 Å². The van der Waals surface area contributed by atoms with Crippen molar-refractivity contribution >= 4 is 5.91 Å². The van der Waals surface area contributed by atoms with Gasteiger partial charge in [-0.1, -0.05) is 6.07 Å². The largest absolute Gasteiger partial charge is 0.493 e. The van der Waals surface area contributed by atoms with Crippen LogP contribution in [0.3, 0.4) is 0 Å². The van der Waals surface area contributed by atoms with E-state index in [-0.39, 0.29) is 11.3 Å². The lowest BCUT2D eigenvalue weighted by Gasteiger charge is -2.38. The first-order chi connectivity index (χ1) is 12.7. The van der Waals surface area contributed by atoms with Crippen molar-refractivity contribution in [3.8, 4) is 11.5 Å². The third-order valence-corrected chi connectivity index (χ3v) is 4.96. The number of carbonyl (C=O) groups is 1. The maximum Gasteiger partial charge on any atom is 0.252 e. The molecule has 0 atom stereocenters. The molecule has 138 valence electrons. The van der Waals surface area contributed by atoms with E-state index < -0.39 is 0 Å². The van der Waals surface area contributed by atoms with Crippen molar-refractivity contribution in [2.24, 2.45) is 0 Å². The van der Waals surface area contributed by atoms with E-state index in [2.05, 4.69) is 10.3 Å². The van der Waals surface area contributed by atoms with Gasteiger partial charge in [0.25, 0.3) is 5.91 Å². The summed E-state index contributed by atoms with van der Waals surface area (Å²) in [4.78, 5) is 16.5. The molecule has 6 nitrogen and oxygen atoms in total. The Bertz CT molecular complexity index is 743. The lowest BCUT2D eigenvalue weighted by molar-refractivity contribution is 0.0486. The summed E-state index contributed by atoms with van der Waals surface area (Å²) >= 11 is 0. The third-order valence-electron chi connectivity index (χ3n) is 4.96. The zero-order valence-electron chi connectivity index (χ0n) is 15.2. The molecule has 0 saturated carbocycles. The van der Waals surface area contributed by atoms with Crippen LogP contribution in [0.2, 0.25) is 0 Å². The lowest BCUT2D eigenvalue weighted by atomic mass is 9.74. The number of methoxy groups -OCH3 is 2. The molecule has 1 fully saturated rings. The van der Waals surface area contributed by atoms with Gasteiger partial charge in [-0.3, -0.25) is 9.78 Å². The van der Waals surface area contributed by atoms with Gasteiger partial charge in [-0.15, -0.1) is 0 Å². The normalized spacial score (nSPS) is 15.9. The number of hydrogen-bond acceptors (Lipinski definition) is 5. The SMILES string of the molecule is COc1ccc(C2(CNC(=O)c3cccnc3)CCOCC2)cc1OC. The van der Waals surface area contributed by atoms with Gasteiger partial charge < -0.3 is 19.5 Å². The lowest BCUT2D eigenvalue weighted by Crippen LogP contribution is -2.44. The molecule has 1 saturated heterocycles. The van der Waals surface area contributed by atoms with Crippen LogP contribution in [-0.2, 0) is 10.2 Å². The van der Waals surface area contributed by atoms with Gasteiger partial charge in [0.05, 0.1) is 19.8 Å². The predicted octanol–water partition coefficient (Wildman–Crippen LogP) is 2.58. The van der Waals surface area contributed by atoms with E-state index in [1.165, 1.54) is 0 Å². The average Bonchev–Trinajstić information content (AvgIpc) is 2.72. The minimum atomic E-state index is -0.199. The Kier molecular flexibility index (Phi) is 5.73. The molecular formula is C20H24N2O4. The average molecular weight is 356 g/mol. The van der Waals surface area contributed by atoms with Crippen LogP contribution in [0.5, 0.6) is 11.5 Å². The number of benzene rings is 1.